The molecule has 0 aliphatic carbocycles. The molecule has 16 heavy (non-hydrogen) atoms. The van der Waals surface area contributed by atoms with Crippen LogP contribution in [0.4, 0.5) is 5.69 Å². The monoisotopic (exact) mass is 241 g/mol. The summed E-state index contributed by atoms with van der Waals surface area (Å²) in [5.41, 5.74) is 1.93. The molecule has 0 N–H and O–H groups in total. The highest BCUT2D eigenvalue weighted by Crippen LogP contribution is 2.21. The van der Waals surface area contributed by atoms with E-state index in [0.717, 1.165) is 24.8 Å². The van der Waals surface area contributed by atoms with Gasteiger partial charge in [-0.25, -0.2) is 0 Å². The zero-order chi connectivity index (χ0) is 12.1. The lowest BCUT2D eigenvalue weighted by Gasteiger charge is -2.08. The van der Waals surface area contributed by atoms with Crippen LogP contribution in [0.25, 0.3) is 0 Å². The Balaban J connectivity index is 2.77. The third-order valence-electron chi connectivity index (χ3n) is 2.52. The van der Waals surface area contributed by atoms with Gasteiger partial charge in [-0.15, -0.1) is 11.6 Å². The van der Waals surface area contributed by atoms with E-state index in [-0.39, 0.29) is 16.0 Å². The zero-order valence-corrected chi connectivity index (χ0v) is 10.3. The van der Waals surface area contributed by atoms with Gasteiger partial charge in [0.2, 0.25) is 0 Å². The Morgan fingerprint density at radius 1 is 1.50 bits per heavy atom. The normalized spacial score (nSPS) is 12.4. The topological polar surface area (TPSA) is 43.1 Å². The molecule has 1 aromatic rings. The number of hydrogen-bond acceptors (Lipinski definition) is 2. The average molecular weight is 242 g/mol. The minimum atomic E-state index is -0.358. The summed E-state index contributed by atoms with van der Waals surface area (Å²) < 4.78 is 0. The Bertz CT molecular complexity index is 379. The molecule has 0 radical (unpaired) electrons. The molecule has 0 heterocycles. The summed E-state index contributed by atoms with van der Waals surface area (Å²) in [6.45, 7) is 3.85. The molecule has 0 saturated carbocycles. The van der Waals surface area contributed by atoms with Gasteiger partial charge in [0.05, 0.1) is 4.92 Å². The van der Waals surface area contributed by atoms with Gasteiger partial charge in [-0.2, -0.15) is 0 Å². The molecule has 88 valence electrons. The quantitative estimate of drug-likeness (QED) is 0.446. The van der Waals surface area contributed by atoms with E-state index in [1.54, 1.807) is 19.1 Å². The summed E-state index contributed by atoms with van der Waals surface area (Å²) in [5, 5.41) is 10.8. The van der Waals surface area contributed by atoms with Crippen molar-refractivity contribution in [3.63, 3.8) is 0 Å². The van der Waals surface area contributed by atoms with Crippen LogP contribution in [0.2, 0.25) is 0 Å². The third-order valence-corrected chi connectivity index (χ3v) is 2.89. The fraction of sp³-hybridized carbons (Fsp3) is 0.500. The van der Waals surface area contributed by atoms with E-state index in [1.807, 2.05) is 6.07 Å². The lowest BCUT2D eigenvalue weighted by atomic mass is 10.0. The first kappa shape index (κ1) is 13.0. The van der Waals surface area contributed by atoms with E-state index in [9.17, 15) is 10.1 Å². The minimum Gasteiger partial charge on any atom is -0.258 e. The zero-order valence-electron chi connectivity index (χ0n) is 9.57. The summed E-state index contributed by atoms with van der Waals surface area (Å²) >= 11 is 6.14. The Labute approximate surface area is 101 Å². The Morgan fingerprint density at radius 3 is 2.69 bits per heavy atom. The lowest BCUT2D eigenvalue weighted by molar-refractivity contribution is -0.385. The average Bonchev–Trinajstić information content (AvgIpc) is 2.17. The molecule has 0 saturated heterocycles. The van der Waals surface area contributed by atoms with Gasteiger partial charge in [0.15, 0.2) is 0 Å². The Hall–Kier alpha value is -1.09. The summed E-state index contributed by atoms with van der Waals surface area (Å²) in [4.78, 5) is 10.3. The van der Waals surface area contributed by atoms with Gasteiger partial charge in [0.25, 0.3) is 5.69 Å². The maximum atomic E-state index is 10.6. The molecule has 4 heteroatoms. The van der Waals surface area contributed by atoms with E-state index in [4.69, 9.17) is 11.6 Å². The van der Waals surface area contributed by atoms with E-state index < -0.39 is 0 Å². The molecule has 0 aromatic heterocycles. The van der Waals surface area contributed by atoms with Crippen molar-refractivity contribution in [2.45, 2.75) is 38.5 Å². The highest BCUT2D eigenvalue weighted by atomic mass is 35.5. The van der Waals surface area contributed by atoms with Gasteiger partial charge < -0.3 is 0 Å². The molecule has 1 atom stereocenters. The number of hydrogen-bond donors (Lipinski definition) is 0. The summed E-state index contributed by atoms with van der Waals surface area (Å²) in [5.74, 6) is 0. The van der Waals surface area contributed by atoms with Gasteiger partial charge in [-0.1, -0.05) is 19.4 Å². The lowest BCUT2D eigenvalue weighted by Crippen LogP contribution is -2.03. The number of alkyl halides is 1. The van der Waals surface area contributed by atoms with Crippen LogP contribution >= 0.6 is 11.6 Å². The SMILES string of the molecule is CCCC(Cl)Cc1ccc([N+](=O)[O-])c(C)c1. The Kier molecular flexibility index (Phi) is 4.74. The van der Waals surface area contributed by atoms with Crippen LogP contribution in [0, 0.1) is 17.0 Å². The van der Waals surface area contributed by atoms with Gasteiger partial charge in [0, 0.05) is 17.0 Å². The molecule has 0 amide bonds. The van der Waals surface area contributed by atoms with Crippen molar-refractivity contribution in [2.24, 2.45) is 0 Å². The third kappa shape index (κ3) is 3.49. The molecule has 3 nitrogen and oxygen atoms in total. The molecular formula is C12H16ClNO2. The first-order chi connectivity index (χ1) is 7.54. The molecule has 0 aliphatic heterocycles. The first-order valence-electron chi connectivity index (χ1n) is 5.42. The number of nitro groups is 1. The van der Waals surface area contributed by atoms with E-state index in [1.165, 1.54) is 0 Å². The van der Waals surface area contributed by atoms with Gasteiger partial charge in [-0.05, 0) is 31.4 Å². The summed E-state index contributed by atoms with van der Waals surface area (Å²) in [6.07, 6.45) is 2.80. The fourth-order valence-corrected chi connectivity index (χ4v) is 2.12. The molecule has 0 fully saturated rings. The van der Waals surface area contributed by atoms with Gasteiger partial charge in [0.1, 0.15) is 0 Å². The van der Waals surface area contributed by atoms with Crippen LogP contribution in [-0.4, -0.2) is 10.3 Å². The largest absolute Gasteiger partial charge is 0.272 e. The maximum Gasteiger partial charge on any atom is 0.272 e. The second-order valence-electron chi connectivity index (χ2n) is 3.97. The van der Waals surface area contributed by atoms with Gasteiger partial charge in [-0.3, -0.25) is 10.1 Å². The van der Waals surface area contributed by atoms with Crippen LogP contribution in [0.1, 0.15) is 30.9 Å². The number of nitro benzene ring substituents is 1. The number of aryl methyl sites for hydroxylation is 1. The Morgan fingerprint density at radius 2 is 2.19 bits per heavy atom. The van der Waals surface area contributed by atoms with Gasteiger partial charge >= 0.3 is 0 Å². The van der Waals surface area contributed by atoms with Crippen LogP contribution in [0.15, 0.2) is 18.2 Å². The minimum absolute atomic E-state index is 0.117. The van der Waals surface area contributed by atoms with Crippen LogP contribution < -0.4 is 0 Å². The highest BCUT2D eigenvalue weighted by molar-refractivity contribution is 6.20. The molecule has 0 aliphatic rings. The second kappa shape index (κ2) is 5.85. The molecule has 0 bridgehead atoms. The van der Waals surface area contributed by atoms with Crippen LogP contribution in [0.3, 0.4) is 0 Å². The number of nitrogens with zero attached hydrogens (tertiary/aromatic N) is 1. The number of halogens is 1. The van der Waals surface area contributed by atoms with Crippen LogP contribution in [0.5, 0.6) is 0 Å². The molecule has 0 spiro atoms. The smallest absolute Gasteiger partial charge is 0.258 e. The predicted molar refractivity (Wildman–Crippen MR) is 66.1 cm³/mol. The fourth-order valence-electron chi connectivity index (χ4n) is 1.72. The van der Waals surface area contributed by atoms with Crippen molar-refractivity contribution in [3.05, 3.63) is 39.4 Å². The van der Waals surface area contributed by atoms with Crippen molar-refractivity contribution < 1.29 is 4.92 Å². The summed E-state index contributed by atoms with van der Waals surface area (Å²) in [7, 11) is 0. The highest BCUT2D eigenvalue weighted by Gasteiger charge is 2.11. The number of benzene rings is 1. The van der Waals surface area contributed by atoms with E-state index >= 15 is 0 Å². The predicted octanol–water partition coefficient (Wildman–Crippen LogP) is 3.85. The van der Waals surface area contributed by atoms with Crippen LogP contribution in [-0.2, 0) is 6.42 Å². The van der Waals surface area contributed by atoms with Crippen molar-refractivity contribution in [1.29, 1.82) is 0 Å². The molecule has 1 unspecified atom stereocenters. The summed E-state index contributed by atoms with van der Waals surface area (Å²) in [6, 6.07) is 5.19. The second-order valence-corrected chi connectivity index (χ2v) is 4.59. The molecule has 1 aromatic carbocycles. The molecular weight excluding hydrogens is 226 g/mol. The van der Waals surface area contributed by atoms with Crippen molar-refractivity contribution in [2.75, 3.05) is 0 Å². The van der Waals surface area contributed by atoms with Crippen molar-refractivity contribution in [1.82, 2.24) is 0 Å². The standard InChI is InChI=1S/C12H16ClNO2/c1-3-4-11(13)8-10-5-6-12(14(15)16)9(2)7-10/h5-7,11H,3-4,8H2,1-2H3. The first-order valence-corrected chi connectivity index (χ1v) is 5.86. The molecule has 1 rings (SSSR count). The number of rotatable bonds is 5. The maximum absolute atomic E-state index is 10.6. The van der Waals surface area contributed by atoms with E-state index in [2.05, 4.69) is 6.92 Å². The van der Waals surface area contributed by atoms with Crippen molar-refractivity contribution in [3.8, 4) is 0 Å². The van der Waals surface area contributed by atoms with Crippen molar-refractivity contribution >= 4 is 17.3 Å². The van der Waals surface area contributed by atoms with E-state index in [0.29, 0.717) is 5.56 Å².